The lowest BCUT2D eigenvalue weighted by Gasteiger charge is -2.43. The van der Waals surface area contributed by atoms with Gasteiger partial charge in [0.2, 0.25) is 19.7 Å². The molecule has 13 heteroatoms. The summed E-state index contributed by atoms with van der Waals surface area (Å²) in [5.41, 5.74) is 8.45. The summed E-state index contributed by atoms with van der Waals surface area (Å²) in [7, 11) is -7.88. The van der Waals surface area contributed by atoms with Crippen molar-refractivity contribution in [2.45, 2.75) is 25.2 Å². The molecule has 4 aromatic heterocycles. The molecule has 2 aromatic carbocycles. The Kier molecular flexibility index (Phi) is 3.31. The summed E-state index contributed by atoms with van der Waals surface area (Å²) in [4.78, 5) is 9.75. The first-order valence-corrected chi connectivity index (χ1v) is 17.9. The summed E-state index contributed by atoms with van der Waals surface area (Å²) in [5.74, 6) is 1.10. The van der Waals surface area contributed by atoms with Crippen molar-refractivity contribution in [1.82, 2.24) is 9.97 Å². The SMILES string of the molecule is O=S1(=O)c2cncc3c2B2c4c1ccc1c4C4(c5c(ccc6c5B5c7c(cncc7S6(=O)=O)-c6ccc[n+]4c65)O1)[n+]1cccc-3c12. The van der Waals surface area contributed by atoms with E-state index in [1.165, 1.54) is 12.4 Å². The number of benzene rings is 2. The van der Waals surface area contributed by atoms with Crippen LogP contribution in [-0.4, -0.2) is 40.2 Å². The van der Waals surface area contributed by atoms with Crippen LogP contribution < -0.4 is 46.9 Å². The van der Waals surface area contributed by atoms with Crippen LogP contribution in [0, 0.1) is 0 Å². The summed E-state index contributed by atoms with van der Waals surface area (Å²) in [5, 5.41) is 0. The molecule has 0 N–H and O–H groups in total. The Balaban J connectivity index is 1.34. The zero-order valence-electron chi connectivity index (χ0n) is 23.4. The van der Waals surface area contributed by atoms with Gasteiger partial charge in [0, 0.05) is 59.2 Å². The molecule has 7 aliphatic heterocycles. The summed E-state index contributed by atoms with van der Waals surface area (Å²) in [6.45, 7) is -0.723. The Morgan fingerprint density at radius 2 is 1.04 bits per heavy atom. The first-order chi connectivity index (χ1) is 22.4. The minimum Gasteiger partial charge on any atom is -0.456 e. The second-order valence-corrected chi connectivity index (χ2v) is 16.7. The fourth-order valence-corrected chi connectivity index (χ4v) is 13.4. The van der Waals surface area contributed by atoms with Gasteiger partial charge >= 0.3 is 19.1 Å². The molecule has 46 heavy (non-hydrogen) atoms. The number of hydrogen-bond donors (Lipinski definition) is 0. The number of ether oxygens (including phenoxy) is 1. The predicted molar refractivity (Wildman–Crippen MR) is 164 cm³/mol. The van der Waals surface area contributed by atoms with Crippen LogP contribution in [0.25, 0.3) is 22.3 Å². The van der Waals surface area contributed by atoms with Gasteiger partial charge in [0.05, 0.1) is 19.6 Å². The zero-order valence-corrected chi connectivity index (χ0v) is 25.0. The smallest absolute Gasteiger partial charge is 0.420 e. The molecule has 0 fully saturated rings. The molecule has 0 radical (unpaired) electrons. The number of rotatable bonds is 0. The molecule has 1 spiro atoms. The third-order valence-electron chi connectivity index (χ3n) is 11.4. The van der Waals surface area contributed by atoms with Crippen LogP contribution >= 0.6 is 0 Å². The quantitative estimate of drug-likeness (QED) is 0.146. The van der Waals surface area contributed by atoms with Gasteiger partial charge in [-0.2, -0.15) is 0 Å². The van der Waals surface area contributed by atoms with Crippen molar-refractivity contribution in [1.29, 1.82) is 0 Å². The van der Waals surface area contributed by atoms with Crippen molar-refractivity contribution in [3.8, 4) is 33.8 Å². The molecule has 7 aliphatic rings. The first-order valence-electron chi connectivity index (χ1n) is 15.0. The maximum Gasteiger partial charge on any atom is 0.420 e. The first kappa shape index (κ1) is 23.2. The molecule has 0 aliphatic carbocycles. The van der Waals surface area contributed by atoms with E-state index in [1.54, 1.807) is 36.7 Å². The Bertz CT molecular complexity index is 2710. The van der Waals surface area contributed by atoms with Crippen LogP contribution in [-0.2, 0) is 25.3 Å². The van der Waals surface area contributed by atoms with E-state index in [2.05, 4.69) is 19.1 Å². The molecule has 0 amide bonds. The van der Waals surface area contributed by atoms with E-state index in [-0.39, 0.29) is 33.0 Å². The van der Waals surface area contributed by atoms with Gasteiger partial charge in [-0.3, -0.25) is 9.97 Å². The number of nitrogens with zero attached hydrogens (tertiary/aromatic N) is 4. The molecule has 9 nitrogen and oxygen atoms in total. The molecule has 13 rings (SSSR count). The Hall–Kier alpha value is -5.13. The summed E-state index contributed by atoms with van der Waals surface area (Å²) in [6.07, 6.45) is 10.6. The van der Waals surface area contributed by atoms with Crippen LogP contribution in [0.1, 0.15) is 11.1 Å². The van der Waals surface area contributed by atoms with E-state index < -0.39 is 25.3 Å². The van der Waals surface area contributed by atoms with Gasteiger partial charge in [-0.25, -0.2) is 16.8 Å². The van der Waals surface area contributed by atoms with Crippen LogP contribution in [0.15, 0.2) is 105 Å². The monoisotopic (exact) mass is 632 g/mol. The highest BCUT2D eigenvalue weighted by atomic mass is 32.2. The number of pyridine rings is 4. The van der Waals surface area contributed by atoms with Crippen molar-refractivity contribution >= 4 is 66.1 Å². The normalized spacial score (nSPS) is 19.0. The van der Waals surface area contributed by atoms with Crippen LogP contribution in [0.5, 0.6) is 11.5 Å². The highest BCUT2D eigenvalue weighted by Crippen LogP contribution is 2.50. The van der Waals surface area contributed by atoms with Crippen LogP contribution in [0.4, 0.5) is 0 Å². The van der Waals surface area contributed by atoms with Gasteiger partial charge in [-0.1, -0.05) is 0 Å². The topological polar surface area (TPSA) is 111 Å². The van der Waals surface area contributed by atoms with Gasteiger partial charge < -0.3 is 4.74 Å². The van der Waals surface area contributed by atoms with Gasteiger partial charge in [0.15, 0.2) is 23.6 Å². The lowest BCUT2D eigenvalue weighted by atomic mass is 9.34. The standard InChI is InChI=1S/C33H14B2N4O5S2/c40-45(41)21-7-5-19-25-29(21)34-27-17(11-36-13-23(27)45)15-3-1-9-38(31(15)34)33(25)26-20(44-19)6-8-22-30(26)35-28-18(12-37-14-24(28)46(22,42)43)16-4-2-10-39(33)32(16)35/h1-14H/q+2. The minimum absolute atomic E-state index is 0.231. The molecular formula is C33H14B2N4O5S2+2. The molecule has 0 bridgehead atoms. The Labute approximate surface area is 261 Å². The Morgan fingerprint density at radius 3 is 1.52 bits per heavy atom. The highest BCUT2D eigenvalue weighted by Gasteiger charge is 2.75. The predicted octanol–water partition coefficient (Wildman–Crippen LogP) is -1.63. The van der Waals surface area contributed by atoms with Crippen LogP contribution in [0.2, 0.25) is 0 Å². The van der Waals surface area contributed by atoms with E-state index >= 15 is 0 Å². The fraction of sp³-hybridized carbons (Fsp3) is 0.0303. The van der Waals surface area contributed by atoms with E-state index in [9.17, 15) is 16.8 Å². The van der Waals surface area contributed by atoms with Crippen molar-refractivity contribution in [3.63, 3.8) is 0 Å². The molecule has 6 aromatic rings. The minimum atomic E-state index is -3.94. The lowest BCUT2D eigenvalue weighted by Crippen LogP contribution is -2.93. The highest BCUT2D eigenvalue weighted by molar-refractivity contribution is 7.92. The van der Waals surface area contributed by atoms with E-state index in [1.807, 2.05) is 36.7 Å². The van der Waals surface area contributed by atoms with Gasteiger partial charge in [-0.05, 0) is 58.2 Å². The molecule has 0 saturated heterocycles. The Morgan fingerprint density at radius 1 is 0.565 bits per heavy atom. The fourth-order valence-electron chi connectivity index (χ4n) is 10.0. The maximum atomic E-state index is 14.5. The number of aromatic nitrogens is 4. The van der Waals surface area contributed by atoms with Gasteiger partial charge in [-0.15, -0.1) is 9.13 Å². The number of sulfone groups is 2. The number of hydrogen-bond acceptors (Lipinski definition) is 7. The molecule has 11 heterocycles. The lowest BCUT2D eigenvalue weighted by molar-refractivity contribution is -0.958. The summed E-state index contributed by atoms with van der Waals surface area (Å²) >= 11 is 0. The number of fused-ring (bicyclic) bond motifs is 2. The van der Waals surface area contributed by atoms with E-state index in [0.717, 1.165) is 55.5 Å². The van der Waals surface area contributed by atoms with Crippen molar-refractivity contribution in [3.05, 3.63) is 96.8 Å². The van der Waals surface area contributed by atoms with Crippen molar-refractivity contribution < 1.29 is 30.7 Å². The molecule has 0 saturated carbocycles. The average molecular weight is 632 g/mol. The third kappa shape index (κ3) is 1.95. The van der Waals surface area contributed by atoms with Gasteiger partial charge in [0.25, 0.3) is 0 Å². The average Bonchev–Trinajstić information content (AvgIpc) is 3.59. The van der Waals surface area contributed by atoms with Crippen LogP contribution in [0.3, 0.4) is 0 Å². The van der Waals surface area contributed by atoms with Crippen molar-refractivity contribution in [2.24, 2.45) is 0 Å². The van der Waals surface area contributed by atoms with Crippen molar-refractivity contribution in [2.75, 3.05) is 0 Å². The maximum absolute atomic E-state index is 14.5. The molecule has 0 atom stereocenters. The summed E-state index contributed by atoms with van der Waals surface area (Å²) < 4.78 is 69.1. The third-order valence-corrected chi connectivity index (χ3v) is 15.0. The van der Waals surface area contributed by atoms with E-state index in [0.29, 0.717) is 22.4 Å². The largest absolute Gasteiger partial charge is 0.456 e. The molecular weight excluding hydrogens is 618 g/mol. The van der Waals surface area contributed by atoms with E-state index in [4.69, 9.17) is 4.74 Å². The molecule has 0 unspecified atom stereocenters. The zero-order chi connectivity index (χ0) is 30.2. The summed E-state index contributed by atoms with van der Waals surface area (Å²) in [6, 6.07) is 14.9. The second-order valence-electron chi connectivity index (χ2n) is 12.9. The molecule has 212 valence electrons. The second kappa shape index (κ2) is 6.55. The van der Waals surface area contributed by atoms with Gasteiger partial charge in [0.1, 0.15) is 22.6 Å².